The summed E-state index contributed by atoms with van der Waals surface area (Å²) < 4.78 is 1.79. The first kappa shape index (κ1) is 7.34. The van der Waals surface area contributed by atoms with Crippen LogP contribution in [0, 0.1) is 13.8 Å². The molecule has 0 atom stereocenters. The summed E-state index contributed by atoms with van der Waals surface area (Å²) in [5.74, 6) is 0. The Kier molecular flexibility index (Phi) is 1.43. The molecule has 60 valence electrons. The number of aryl methyl sites for hydroxylation is 2. The topological polar surface area (TPSA) is 30.7 Å². The third kappa shape index (κ3) is 0.842. The molecule has 2 aromatic rings. The van der Waals surface area contributed by atoms with Gasteiger partial charge in [-0.25, -0.2) is 0 Å². The van der Waals surface area contributed by atoms with Crippen molar-refractivity contribution in [3.8, 4) is 0 Å². The van der Waals surface area contributed by atoms with E-state index >= 15 is 0 Å². The molecule has 0 N–H and O–H groups in total. The highest BCUT2D eigenvalue weighted by Gasteiger charge is 2.04. The molecule has 0 saturated heterocycles. The van der Waals surface area contributed by atoms with Crippen LogP contribution in [-0.4, -0.2) is 22.9 Å². The minimum Gasteiger partial charge on any atom is -0.300 e. The van der Waals surface area contributed by atoms with Gasteiger partial charge in [0.15, 0.2) is 0 Å². The van der Waals surface area contributed by atoms with Crippen LogP contribution in [0.2, 0.25) is 0 Å². The van der Waals surface area contributed by atoms with Crippen LogP contribution >= 0.6 is 0 Å². The van der Waals surface area contributed by atoms with Crippen molar-refractivity contribution in [1.29, 1.82) is 0 Å². The number of hydrogen-bond donors (Lipinski definition) is 0. The highest BCUT2D eigenvalue weighted by atomic mass is 15.4. The van der Waals surface area contributed by atoms with Gasteiger partial charge in [-0.05, 0) is 31.0 Å². The second kappa shape index (κ2) is 2.34. The Morgan fingerprint density at radius 2 is 2.08 bits per heavy atom. The first-order valence-corrected chi connectivity index (χ1v) is 3.96. The van der Waals surface area contributed by atoms with Gasteiger partial charge in [-0.2, -0.15) is 0 Å². The summed E-state index contributed by atoms with van der Waals surface area (Å²) in [5.41, 5.74) is 4.60. The van der Waals surface area contributed by atoms with Gasteiger partial charge in [0, 0.05) is 0 Å². The average molecular weight is 159 g/mol. The molecule has 0 fully saturated rings. The van der Waals surface area contributed by atoms with E-state index in [1.165, 1.54) is 11.1 Å². The second-order valence-corrected chi connectivity index (χ2v) is 3.09. The Morgan fingerprint density at radius 3 is 2.83 bits per heavy atom. The van der Waals surface area contributed by atoms with Crippen LogP contribution in [0.3, 0.4) is 0 Å². The van der Waals surface area contributed by atoms with Crippen molar-refractivity contribution in [3.63, 3.8) is 0 Å². The number of aromatic nitrogens is 3. The lowest BCUT2D eigenvalue weighted by atomic mass is 10.1. The number of hydrogen-bond acceptors (Lipinski definition) is 2. The molecule has 2 rings (SSSR count). The molecule has 0 radical (unpaired) electrons. The van der Waals surface area contributed by atoms with E-state index in [1.54, 1.807) is 4.59 Å². The zero-order valence-electron chi connectivity index (χ0n) is 7.50. The summed E-state index contributed by atoms with van der Waals surface area (Å²) in [6.45, 7) is 4.16. The largest absolute Gasteiger partial charge is 0.300 e. The van der Waals surface area contributed by atoms with E-state index in [2.05, 4.69) is 36.3 Å². The molecule has 0 bridgehead atoms. The van der Waals surface area contributed by atoms with Gasteiger partial charge in [-0.1, -0.05) is 11.3 Å². The van der Waals surface area contributed by atoms with Crippen molar-refractivity contribution in [2.45, 2.75) is 13.8 Å². The standard InChI is InChI=1S/C8H10BN3/c1-5-3-4-7-8(6(5)2)10-11-12(7)9/h3-4H,9H2,1-2H3. The lowest BCUT2D eigenvalue weighted by Crippen LogP contribution is -1.92. The van der Waals surface area contributed by atoms with Gasteiger partial charge in [-0.15, -0.1) is 5.10 Å². The Labute approximate surface area is 71.8 Å². The number of rotatable bonds is 0. The van der Waals surface area contributed by atoms with Crippen molar-refractivity contribution in [3.05, 3.63) is 23.3 Å². The molecule has 0 aliphatic carbocycles. The molecule has 0 saturated carbocycles. The first-order chi connectivity index (χ1) is 5.70. The predicted octanol–water partition coefficient (Wildman–Crippen LogP) is 0.444. The van der Waals surface area contributed by atoms with E-state index in [1.807, 2.05) is 7.98 Å². The summed E-state index contributed by atoms with van der Waals surface area (Å²) in [6, 6.07) is 4.15. The van der Waals surface area contributed by atoms with Crippen molar-refractivity contribution < 1.29 is 0 Å². The lowest BCUT2D eigenvalue weighted by Gasteiger charge is -1.99. The molecule has 0 amide bonds. The van der Waals surface area contributed by atoms with Crippen LogP contribution in [0.4, 0.5) is 0 Å². The first-order valence-electron chi connectivity index (χ1n) is 3.96. The number of benzene rings is 1. The fourth-order valence-corrected chi connectivity index (χ4v) is 1.33. The molecule has 1 aromatic heterocycles. The molecule has 0 spiro atoms. The third-order valence-electron chi connectivity index (χ3n) is 2.31. The Balaban J connectivity index is 2.93. The molecule has 4 heteroatoms. The van der Waals surface area contributed by atoms with Gasteiger partial charge < -0.3 is 0 Å². The third-order valence-corrected chi connectivity index (χ3v) is 2.31. The maximum absolute atomic E-state index is 4.09. The fourth-order valence-electron chi connectivity index (χ4n) is 1.33. The lowest BCUT2D eigenvalue weighted by molar-refractivity contribution is 0.897. The Bertz CT molecular complexity index is 433. The smallest absolute Gasteiger partial charge is 0.252 e. The van der Waals surface area contributed by atoms with E-state index < -0.39 is 0 Å². The van der Waals surface area contributed by atoms with Gasteiger partial charge >= 0.3 is 0 Å². The minimum atomic E-state index is 1.01. The molecule has 12 heavy (non-hydrogen) atoms. The fraction of sp³-hybridized carbons (Fsp3) is 0.250. The monoisotopic (exact) mass is 159 g/mol. The molecule has 0 aliphatic heterocycles. The maximum Gasteiger partial charge on any atom is 0.252 e. The van der Waals surface area contributed by atoms with Crippen LogP contribution in [0.15, 0.2) is 12.1 Å². The molecule has 0 unspecified atom stereocenters. The van der Waals surface area contributed by atoms with E-state index in [0.717, 1.165) is 11.0 Å². The number of nitrogens with zero attached hydrogens (tertiary/aromatic N) is 3. The van der Waals surface area contributed by atoms with Crippen LogP contribution in [0.1, 0.15) is 11.1 Å². The summed E-state index contributed by atoms with van der Waals surface area (Å²) >= 11 is 0. The Morgan fingerprint density at radius 1 is 1.33 bits per heavy atom. The Hall–Kier alpha value is -1.32. The van der Waals surface area contributed by atoms with E-state index in [0.29, 0.717) is 0 Å². The van der Waals surface area contributed by atoms with E-state index in [4.69, 9.17) is 0 Å². The van der Waals surface area contributed by atoms with Crippen LogP contribution in [0.25, 0.3) is 11.0 Å². The van der Waals surface area contributed by atoms with Gasteiger partial charge in [0.1, 0.15) is 5.52 Å². The van der Waals surface area contributed by atoms with Crippen LogP contribution < -0.4 is 0 Å². The van der Waals surface area contributed by atoms with Gasteiger partial charge in [0.2, 0.25) is 0 Å². The summed E-state index contributed by atoms with van der Waals surface area (Å²) in [7, 11) is 1.91. The van der Waals surface area contributed by atoms with Crippen molar-refractivity contribution in [2.24, 2.45) is 0 Å². The number of fused-ring (bicyclic) bond motifs is 1. The maximum atomic E-state index is 4.09. The summed E-state index contributed by atoms with van der Waals surface area (Å²) in [5, 5.41) is 8.06. The summed E-state index contributed by atoms with van der Waals surface area (Å²) in [6.07, 6.45) is 0. The zero-order chi connectivity index (χ0) is 8.72. The van der Waals surface area contributed by atoms with Crippen LogP contribution in [-0.2, 0) is 0 Å². The van der Waals surface area contributed by atoms with Crippen molar-refractivity contribution >= 4 is 19.0 Å². The molecular formula is C8H10BN3. The molecular weight excluding hydrogens is 149 g/mol. The molecule has 1 aromatic carbocycles. The van der Waals surface area contributed by atoms with E-state index in [9.17, 15) is 0 Å². The zero-order valence-corrected chi connectivity index (χ0v) is 7.50. The normalized spacial score (nSPS) is 10.8. The quantitative estimate of drug-likeness (QED) is 0.522. The summed E-state index contributed by atoms with van der Waals surface area (Å²) in [4.78, 5) is 0. The predicted molar refractivity (Wildman–Crippen MR) is 50.9 cm³/mol. The molecule has 3 nitrogen and oxygen atoms in total. The minimum absolute atomic E-state index is 1.01. The van der Waals surface area contributed by atoms with Crippen molar-refractivity contribution in [1.82, 2.24) is 14.9 Å². The van der Waals surface area contributed by atoms with Gasteiger partial charge in [-0.3, -0.25) is 4.59 Å². The highest BCUT2D eigenvalue weighted by molar-refractivity contribution is 6.10. The average Bonchev–Trinajstić information content (AvgIpc) is 2.41. The molecule has 1 heterocycles. The SMILES string of the molecule is Bn1nnc2c(C)c(C)ccc21. The van der Waals surface area contributed by atoms with E-state index in [-0.39, 0.29) is 0 Å². The van der Waals surface area contributed by atoms with Gasteiger partial charge in [0.25, 0.3) is 7.98 Å². The van der Waals surface area contributed by atoms with Crippen LogP contribution in [0.5, 0.6) is 0 Å². The second-order valence-electron chi connectivity index (χ2n) is 3.09. The van der Waals surface area contributed by atoms with Crippen molar-refractivity contribution in [2.75, 3.05) is 0 Å². The molecule has 0 aliphatic rings. The highest BCUT2D eigenvalue weighted by Crippen LogP contribution is 2.17. The van der Waals surface area contributed by atoms with Gasteiger partial charge in [0.05, 0.1) is 5.52 Å².